The van der Waals surface area contributed by atoms with E-state index >= 15 is 0 Å². The van der Waals surface area contributed by atoms with Gasteiger partial charge in [0.15, 0.2) is 0 Å². The first-order valence-electron chi connectivity index (χ1n) is 7.51. The molecule has 0 saturated heterocycles. The molecule has 0 radical (unpaired) electrons. The van der Waals surface area contributed by atoms with E-state index in [9.17, 15) is 18.0 Å². The van der Waals surface area contributed by atoms with Crippen LogP contribution in [0.5, 0.6) is 5.75 Å². The van der Waals surface area contributed by atoms with Gasteiger partial charge in [-0.2, -0.15) is 0 Å². The standard InChI is InChI=1S/C15H23N3O5S/c1-4-5-6-11-18(24(3,21)22)15(20)17-14(19)16-12-7-9-13(23-2)10-8-12/h7-10H,4-6,11H2,1-3H3,(H2,16,17,19,20). The van der Waals surface area contributed by atoms with Crippen LogP contribution < -0.4 is 15.4 Å². The van der Waals surface area contributed by atoms with E-state index in [-0.39, 0.29) is 6.54 Å². The molecule has 0 aliphatic carbocycles. The Hall–Kier alpha value is -2.29. The molecule has 24 heavy (non-hydrogen) atoms. The zero-order valence-corrected chi connectivity index (χ0v) is 14.9. The Bertz CT molecular complexity index is 658. The Morgan fingerprint density at radius 2 is 1.79 bits per heavy atom. The van der Waals surface area contributed by atoms with E-state index < -0.39 is 22.1 Å². The zero-order valence-electron chi connectivity index (χ0n) is 14.0. The number of nitrogens with one attached hydrogen (secondary N) is 2. The second-order valence-corrected chi connectivity index (χ2v) is 7.06. The first kappa shape index (κ1) is 19.8. The monoisotopic (exact) mass is 357 g/mol. The lowest BCUT2D eigenvalue weighted by atomic mass is 10.2. The molecule has 0 fully saturated rings. The molecule has 4 amide bonds. The van der Waals surface area contributed by atoms with Gasteiger partial charge in [-0.3, -0.25) is 5.32 Å². The van der Waals surface area contributed by atoms with Gasteiger partial charge >= 0.3 is 12.1 Å². The Kier molecular flexibility index (Phi) is 7.50. The van der Waals surface area contributed by atoms with Gasteiger partial charge in [0.25, 0.3) is 0 Å². The third-order valence-electron chi connectivity index (χ3n) is 3.16. The number of benzene rings is 1. The van der Waals surface area contributed by atoms with Crippen molar-refractivity contribution in [3.8, 4) is 5.75 Å². The molecular formula is C15H23N3O5S. The molecule has 9 heteroatoms. The van der Waals surface area contributed by atoms with Crippen molar-refractivity contribution in [3.05, 3.63) is 24.3 Å². The van der Waals surface area contributed by atoms with E-state index in [4.69, 9.17) is 4.74 Å². The predicted molar refractivity (Wildman–Crippen MR) is 91.6 cm³/mol. The SMILES string of the molecule is CCCCCN(C(=O)NC(=O)Nc1ccc(OC)cc1)S(C)(=O)=O. The van der Waals surface area contributed by atoms with Crippen molar-refractivity contribution in [1.82, 2.24) is 9.62 Å². The van der Waals surface area contributed by atoms with Crippen LogP contribution in [0.2, 0.25) is 0 Å². The zero-order chi connectivity index (χ0) is 18.2. The maximum Gasteiger partial charge on any atom is 0.339 e. The number of hydrogen-bond donors (Lipinski definition) is 2. The fourth-order valence-electron chi connectivity index (χ4n) is 1.92. The maximum absolute atomic E-state index is 12.0. The third-order valence-corrected chi connectivity index (χ3v) is 4.31. The van der Waals surface area contributed by atoms with E-state index in [0.717, 1.165) is 19.1 Å². The number of rotatable bonds is 7. The summed E-state index contributed by atoms with van der Waals surface area (Å²) in [6, 6.07) is 4.70. The number of carbonyl (C=O) groups is 2. The average Bonchev–Trinajstić information content (AvgIpc) is 2.50. The van der Waals surface area contributed by atoms with Crippen LogP contribution in [-0.4, -0.2) is 44.7 Å². The Labute approximate surface area is 142 Å². The summed E-state index contributed by atoms with van der Waals surface area (Å²) >= 11 is 0. The quantitative estimate of drug-likeness (QED) is 0.729. The number of anilines is 1. The summed E-state index contributed by atoms with van der Waals surface area (Å²) in [4.78, 5) is 23.9. The van der Waals surface area contributed by atoms with Crippen molar-refractivity contribution in [2.75, 3.05) is 25.2 Å². The highest BCUT2D eigenvalue weighted by molar-refractivity contribution is 7.88. The summed E-state index contributed by atoms with van der Waals surface area (Å²) in [5.74, 6) is 0.621. The minimum absolute atomic E-state index is 0.0360. The highest BCUT2D eigenvalue weighted by Gasteiger charge is 2.24. The number of unbranched alkanes of at least 4 members (excludes halogenated alkanes) is 2. The van der Waals surface area contributed by atoms with Crippen molar-refractivity contribution >= 4 is 27.8 Å². The van der Waals surface area contributed by atoms with E-state index in [2.05, 4.69) is 5.32 Å². The van der Waals surface area contributed by atoms with E-state index in [0.29, 0.717) is 22.2 Å². The number of imide groups is 1. The number of amides is 4. The number of ether oxygens (including phenoxy) is 1. The molecule has 0 saturated carbocycles. The van der Waals surface area contributed by atoms with Crippen molar-refractivity contribution in [2.45, 2.75) is 26.2 Å². The molecule has 0 aromatic heterocycles. The summed E-state index contributed by atoms with van der Waals surface area (Å²) in [5, 5.41) is 4.47. The van der Waals surface area contributed by atoms with Crippen LogP contribution >= 0.6 is 0 Å². The molecule has 0 unspecified atom stereocenters. The van der Waals surface area contributed by atoms with Crippen molar-refractivity contribution in [1.29, 1.82) is 0 Å². The Morgan fingerprint density at radius 3 is 2.29 bits per heavy atom. The van der Waals surface area contributed by atoms with Gasteiger partial charge in [-0.15, -0.1) is 0 Å². The number of sulfonamides is 1. The lowest BCUT2D eigenvalue weighted by molar-refractivity contribution is 0.219. The molecule has 0 aliphatic rings. The Balaban J connectivity index is 2.66. The summed E-state index contributed by atoms with van der Waals surface area (Å²) in [6.07, 6.45) is 3.14. The van der Waals surface area contributed by atoms with Crippen molar-refractivity contribution in [2.24, 2.45) is 0 Å². The molecule has 0 aliphatic heterocycles. The van der Waals surface area contributed by atoms with Crippen LogP contribution in [0.25, 0.3) is 0 Å². The van der Waals surface area contributed by atoms with Gasteiger partial charge in [-0.05, 0) is 30.7 Å². The summed E-state index contributed by atoms with van der Waals surface area (Å²) < 4.78 is 29.1. The number of nitrogens with zero attached hydrogens (tertiary/aromatic N) is 1. The molecule has 1 rings (SSSR count). The number of carbonyl (C=O) groups excluding carboxylic acids is 2. The second kappa shape index (κ2) is 9.11. The number of hydrogen-bond acceptors (Lipinski definition) is 5. The van der Waals surface area contributed by atoms with Gasteiger partial charge in [-0.1, -0.05) is 19.8 Å². The smallest absolute Gasteiger partial charge is 0.339 e. The molecule has 2 N–H and O–H groups in total. The summed E-state index contributed by atoms with van der Waals surface area (Å²) in [7, 11) is -2.23. The normalized spacial score (nSPS) is 10.8. The fourth-order valence-corrected chi connectivity index (χ4v) is 2.73. The highest BCUT2D eigenvalue weighted by atomic mass is 32.2. The summed E-state index contributed by atoms with van der Waals surface area (Å²) in [6.45, 7) is 2.00. The predicted octanol–water partition coefficient (Wildman–Crippen LogP) is 2.39. The van der Waals surface area contributed by atoms with E-state index in [1.807, 2.05) is 12.2 Å². The fraction of sp³-hybridized carbons (Fsp3) is 0.467. The minimum atomic E-state index is -3.75. The third kappa shape index (κ3) is 6.45. The van der Waals surface area contributed by atoms with Gasteiger partial charge in [-0.25, -0.2) is 22.3 Å². The number of methoxy groups -OCH3 is 1. The van der Waals surface area contributed by atoms with Gasteiger partial charge in [0.2, 0.25) is 10.0 Å². The molecule has 0 atom stereocenters. The molecule has 0 bridgehead atoms. The lowest BCUT2D eigenvalue weighted by Gasteiger charge is -2.20. The molecule has 1 aromatic carbocycles. The lowest BCUT2D eigenvalue weighted by Crippen LogP contribution is -2.47. The molecule has 0 spiro atoms. The largest absolute Gasteiger partial charge is 0.497 e. The van der Waals surface area contributed by atoms with Crippen LogP contribution in [0.15, 0.2) is 24.3 Å². The topological polar surface area (TPSA) is 105 Å². The minimum Gasteiger partial charge on any atom is -0.497 e. The average molecular weight is 357 g/mol. The van der Waals surface area contributed by atoms with Crippen molar-refractivity contribution in [3.63, 3.8) is 0 Å². The number of urea groups is 2. The van der Waals surface area contributed by atoms with E-state index in [1.54, 1.807) is 24.3 Å². The van der Waals surface area contributed by atoms with Crippen LogP contribution in [0.3, 0.4) is 0 Å². The molecule has 134 valence electrons. The molecular weight excluding hydrogens is 334 g/mol. The van der Waals surface area contributed by atoms with Crippen LogP contribution in [0.1, 0.15) is 26.2 Å². The molecule has 0 heterocycles. The summed E-state index contributed by atoms with van der Waals surface area (Å²) in [5.41, 5.74) is 0.443. The highest BCUT2D eigenvalue weighted by Crippen LogP contribution is 2.14. The first-order chi connectivity index (χ1) is 11.3. The van der Waals surface area contributed by atoms with Gasteiger partial charge in [0, 0.05) is 12.2 Å². The molecule has 8 nitrogen and oxygen atoms in total. The van der Waals surface area contributed by atoms with Gasteiger partial charge < -0.3 is 10.1 Å². The first-order valence-corrected chi connectivity index (χ1v) is 9.36. The Morgan fingerprint density at radius 1 is 1.17 bits per heavy atom. The second-order valence-electron chi connectivity index (χ2n) is 5.16. The van der Waals surface area contributed by atoms with Crippen LogP contribution in [0.4, 0.5) is 15.3 Å². The van der Waals surface area contributed by atoms with Crippen molar-refractivity contribution < 1.29 is 22.7 Å². The van der Waals surface area contributed by atoms with Gasteiger partial charge in [0.1, 0.15) is 5.75 Å². The van der Waals surface area contributed by atoms with E-state index in [1.165, 1.54) is 7.11 Å². The van der Waals surface area contributed by atoms with Crippen LogP contribution in [-0.2, 0) is 10.0 Å². The van der Waals surface area contributed by atoms with Gasteiger partial charge in [0.05, 0.1) is 13.4 Å². The maximum atomic E-state index is 12.0. The van der Waals surface area contributed by atoms with Crippen LogP contribution in [0, 0.1) is 0 Å². The molecule has 1 aromatic rings.